The van der Waals surface area contributed by atoms with E-state index >= 15 is 0 Å². The third-order valence-corrected chi connectivity index (χ3v) is 7.17. The fourth-order valence-electron chi connectivity index (χ4n) is 4.74. The number of hydrogen-bond donors (Lipinski definition) is 0. The van der Waals surface area contributed by atoms with Crippen LogP contribution in [0.4, 0.5) is 0 Å². The number of aromatic nitrogens is 3. The highest BCUT2D eigenvalue weighted by Crippen LogP contribution is 2.28. The molecule has 0 N–H and O–H groups in total. The molecule has 0 spiro atoms. The molecule has 1 fully saturated rings. The van der Waals surface area contributed by atoms with Crippen molar-refractivity contribution in [2.75, 3.05) is 33.2 Å². The molecule has 1 aliphatic rings. The summed E-state index contributed by atoms with van der Waals surface area (Å²) in [5, 5.41) is 0. The largest absolute Gasteiger partial charge is 0.437 e. The van der Waals surface area contributed by atoms with Gasteiger partial charge < -0.3 is 14.2 Å². The van der Waals surface area contributed by atoms with Gasteiger partial charge >= 0.3 is 0 Å². The summed E-state index contributed by atoms with van der Waals surface area (Å²) in [7, 11) is 4.11. The molecule has 0 bridgehead atoms. The van der Waals surface area contributed by atoms with E-state index in [0.29, 0.717) is 18.1 Å². The maximum atomic E-state index is 13.2. The summed E-state index contributed by atoms with van der Waals surface area (Å²) in [6.45, 7) is 9.43. The van der Waals surface area contributed by atoms with E-state index in [1.165, 1.54) is 17.5 Å². The fourth-order valence-corrected chi connectivity index (χ4v) is 4.74. The van der Waals surface area contributed by atoms with Gasteiger partial charge in [-0.1, -0.05) is 18.2 Å². The van der Waals surface area contributed by atoms with Gasteiger partial charge in [0.05, 0.1) is 5.52 Å². The summed E-state index contributed by atoms with van der Waals surface area (Å²) in [5.41, 5.74) is 6.89. The van der Waals surface area contributed by atoms with E-state index in [2.05, 4.69) is 39.8 Å². The second kappa shape index (κ2) is 10.2. The van der Waals surface area contributed by atoms with E-state index in [-0.39, 0.29) is 5.78 Å². The molecule has 0 unspecified atom stereocenters. The van der Waals surface area contributed by atoms with Crippen LogP contribution in [0.5, 0.6) is 11.6 Å². The topological polar surface area (TPSA) is 63.5 Å². The van der Waals surface area contributed by atoms with Crippen LogP contribution in [0.25, 0.3) is 11.0 Å². The molecular weight excluding hydrogens is 450 g/mol. The van der Waals surface area contributed by atoms with Crippen LogP contribution < -0.4 is 4.74 Å². The van der Waals surface area contributed by atoms with Crippen molar-refractivity contribution in [2.45, 2.75) is 26.8 Å². The molecule has 36 heavy (non-hydrogen) atoms. The summed E-state index contributed by atoms with van der Waals surface area (Å²) in [6, 6.07) is 13.9. The minimum Gasteiger partial charge on any atom is -0.437 e. The van der Waals surface area contributed by atoms with Gasteiger partial charge in [-0.25, -0.2) is 4.98 Å². The Balaban J connectivity index is 1.30. The zero-order valence-corrected chi connectivity index (χ0v) is 21.5. The summed E-state index contributed by atoms with van der Waals surface area (Å²) in [6.07, 6.45) is 3.76. The average molecular weight is 484 g/mol. The Hall–Kier alpha value is -3.55. The fraction of sp³-hybridized carbons (Fsp3) is 0.345. The predicted molar refractivity (Wildman–Crippen MR) is 142 cm³/mol. The van der Waals surface area contributed by atoms with Crippen molar-refractivity contribution < 1.29 is 9.53 Å². The second-order valence-electron chi connectivity index (χ2n) is 9.85. The van der Waals surface area contributed by atoms with E-state index in [9.17, 15) is 4.79 Å². The van der Waals surface area contributed by atoms with Crippen molar-refractivity contribution in [1.29, 1.82) is 0 Å². The van der Waals surface area contributed by atoms with Crippen LogP contribution >= 0.6 is 0 Å². The van der Waals surface area contributed by atoms with E-state index in [1.807, 2.05) is 61.1 Å². The number of benzene rings is 2. The molecule has 1 aliphatic heterocycles. The van der Waals surface area contributed by atoms with Gasteiger partial charge in [0.25, 0.3) is 0 Å². The molecule has 2 aromatic heterocycles. The van der Waals surface area contributed by atoms with Gasteiger partial charge in [0.1, 0.15) is 17.6 Å². The van der Waals surface area contributed by atoms with Gasteiger partial charge in [-0.05, 0) is 67.4 Å². The predicted octanol–water partition coefficient (Wildman–Crippen LogP) is 4.55. The molecule has 0 radical (unpaired) electrons. The van der Waals surface area contributed by atoms with E-state index < -0.39 is 0 Å². The van der Waals surface area contributed by atoms with Crippen LogP contribution in [0.1, 0.15) is 32.6 Å². The lowest BCUT2D eigenvalue weighted by molar-refractivity contribution is 0.0992. The molecule has 186 valence electrons. The Morgan fingerprint density at radius 2 is 1.72 bits per heavy atom. The molecule has 0 amide bonds. The normalized spacial score (nSPS) is 14.9. The van der Waals surface area contributed by atoms with Crippen LogP contribution in [0.2, 0.25) is 0 Å². The van der Waals surface area contributed by atoms with E-state index in [1.54, 1.807) is 0 Å². The molecule has 0 aliphatic carbocycles. The summed E-state index contributed by atoms with van der Waals surface area (Å²) in [5.74, 6) is 1.26. The third kappa shape index (κ3) is 5.17. The van der Waals surface area contributed by atoms with Gasteiger partial charge in [-0.3, -0.25) is 9.69 Å². The first-order valence-corrected chi connectivity index (χ1v) is 12.4. The first-order valence-electron chi connectivity index (χ1n) is 12.4. The molecule has 1 saturated heterocycles. The number of Topliss-reactive ketones (excluding diaryl/α,β-unsaturated/α-hetero) is 1. The Kier molecular flexibility index (Phi) is 6.85. The molecule has 3 heterocycles. The third-order valence-electron chi connectivity index (χ3n) is 7.17. The van der Waals surface area contributed by atoms with Crippen molar-refractivity contribution in [3.8, 4) is 11.6 Å². The van der Waals surface area contributed by atoms with Crippen molar-refractivity contribution in [3.63, 3.8) is 0 Å². The Bertz CT molecular complexity index is 1400. The zero-order valence-electron chi connectivity index (χ0n) is 21.5. The summed E-state index contributed by atoms with van der Waals surface area (Å²) < 4.78 is 8.08. The van der Waals surface area contributed by atoms with Gasteiger partial charge in [0.2, 0.25) is 5.88 Å². The van der Waals surface area contributed by atoms with Crippen molar-refractivity contribution >= 4 is 16.8 Å². The average Bonchev–Trinajstić information content (AvgIpc) is 3.25. The number of hydrogen-bond acceptors (Lipinski definition) is 6. The highest BCUT2D eigenvalue weighted by Gasteiger charge is 2.17. The van der Waals surface area contributed by atoms with Gasteiger partial charge in [0, 0.05) is 58.0 Å². The molecular formula is C29H33N5O2. The molecule has 4 aromatic rings. The first kappa shape index (κ1) is 24.2. The number of ether oxygens (including phenoxy) is 1. The Morgan fingerprint density at radius 1 is 0.917 bits per heavy atom. The number of fused-ring (bicyclic) bond motifs is 1. The molecule has 7 nitrogen and oxygen atoms in total. The van der Waals surface area contributed by atoms with Crippen LogP contribution in [0, 0.1) is 13.8 Å². The van der Waals surface area contributed by atoms with Gasteiger partial charge in [0.15, 0.2) is 5.78 Å². The molecule has 2 aromatic carbocycles. The monoisotopic (exact) mass is 483 g/mol. The lowest BCUT2D eigenvalue weighted by Crippen LogP contribution is -2.43. The van der Waals surface area contributed by atoms with Crippen LogP contribution in [0.15, 0.2) is 55.0 Å². The SMILES string of the molecule is Cc1ccc(Oc2ncnc3ccn(C)c23)cc1CC(=O)c1ccc(CN2CCN(C)CC2)c(C)c1. The number of rotatable bonds is 7. The molecule has 5 rings (SSSR count). The number of likely N-dealkylation sites (N-methyl/N-ethyl adjacent to an activating group) is 1. The van der Waals surface area contributed by atoms with E-state index in [4.69, 9.17) is 4.74 Å². The van der Waals surface area contributed by atoms with Crippen molar-refractivity contribution in [2.24, 2.45) is 7.05 Å². The van der Waals surface area contributed by atoms with Crippen LogP contribution in [-0.2, 0) is 20.0 Å². The maximum Gasteiger partial charge on any atom is 0.247 e. The maximum absolute atomic E-state index is 13.2. The smallest absolute Gasteiger partial charge is 0.247 e. The summed E-state index contributed by atoms with van der Waals surface area (Å²) in [4.78, 5) is 26.7. The van der Waals surface area contributed by atoms with Crippen molar-refractivity contribution in [1.82, 2.24) is 24.3 Å². The van der Waals surface area contributed by atoms with E-state index in [0.717, 1.165) is 60.4 Å². The number of aryl methyl sites for hydroxylation is 3. The highest BCUT2D eigenvalue weighted by atomic mass is 16.5. The van der Waals surface area contributed by atoms with Gasteiger partial charge in [-0.15, -0.1) is 0 Å². The van der Waals surface area contributed by atoms with Crippen molar-refractivity contribution in [3.05, 3.63) is 82.8 Å². The zero-order chi connectivity index (χ0) is 25.2. The standard InChI is InChI=1S/C29H33N5O2/c1-20-5-8-25(36-29-28-26(30-19-31-29)9-10-33(28)4)16-24(20)17-27(35)22-6-7-23(21(2)15-22)18-34-13-11-32(3)12-14-34/h5-10,15-16,19H,11-14,17-18H2,1-4H3. The molecule has 7 heteroatoms. The Labute approximate surface area is 212 Å². The minimum atomic E-state index is 0.108. The quantitative estimate of drug-likeness (QED) is 0.360. The molecule has 0 saturated carbocycles. The number of piperazine rings is 1. The highest BCUT2D eigenvalue weighted by molar-refractivity contribution is 5.98. The second-order valence-corrected chi connectivity index (χ2v) is 9.85. The van der Waals surface area contributed by atoms with Crippen LogP contribution in [0.3, 0.4) is 0 Å². The number of nitrogens with zero attached hydrogens (tertiary/aromatic N) is 5. The molecule has 0 atom stereocenters. The van der Waals surface area contributed by atoms with Crippen LogP contribution in [-0.4, -0.2) is 63.3 Å². The van der Waals surface area contributed by atoms with Gasteiger partial charge in [-0.2, -0.15) is 4.98 Å². The Morgan fingerprint density at radius 3 is 2.50 bits per heavy atom. The first-order chi connectivity index (χ1) is 17.4. The summed E-state index contributed by atoms with van der Waals surface area (Å²) >= 11 is 0. The number of carbonyl (C=O) groups is 1. The minimum absolute atomic E-state index is 0.108. The number of carbonyl (C=O) groups excluding carboxylic acids is 1. The lowest BCUT2D eigenvalue weighted by atomic mass is 9.96. The lowest BCUT2D eigenvalue weighted by Gasteiger charge is -2.32. The number of ketones is 1.